The Hall–Kier alpha value is -1.29. The van der Waals surface area contributed by atoms with Crippen molar-refractivity contribution in [3.8, 4) is 11.5 Å². The number of carbonyl (C=O) groups is 1. The van der Waals surface area contributed by atoms with E-state index in [0.29, 0.717) is 0 Å². The maximum absolute atomic E-state index is 13.2. The summed E-state index contributed by atoms with van der Waals surface area (Å²) in [6.45, 7) is 1.12. The molecule has 0 unspecified atom stereocenters. The third kappa shape index (κ3) is 3.63. The molecule has 0 amide bonds. The van der Waals surface area contributed by atoms with Crippen LogP contribution in [0, 0.1) is 10.5 Å². The van der Waals surface area contributed by atoms with Crippen LogP contribution in [0.1, 0.15) is 21.5 Å². The predicted octanol–water partition coefficient (Wildman–Crippen LogP) is 5.31. The molecule has 0 aliphatic rings. The minimum atomic E-state index is -4.68. The number of phenolic OH excluding ortho intramolecular Hbond substituents is 1. The van der Waals surface area contributed by atoms with Gasteiger partial charge in [-0.15, -0.1) is 0 Å². The van der Waals surface area contributed by atoms with E-state index < -0.39 is 34.6 Å². The highest BCUT2D eigenvalue weighted by Crippen LogP contribution is 2.45. The molecule has 1 N–H and O–H groups in total. The number of esters is 1. The van der Waals surface area contributed by atoms with E-state index in [2.05, 4.69) is 15.9 Å². The van der Waals surface area contributed by atoms with Gasteiger partial charge in [-0.1, -0.05) is 18.2 Å². The van der Waals surface area contributed by atoms with Crippen LogP contribution in [0.4, 0.5) is 13.2 Å². The Bertz CT molecular complexity index is 761. The van der Waals surface area contributed by atoms with Gasteiger partial charge in [0.2, 0.25) is 0 Å². The summed E-state index contributed by atoms with van der Waals surface area (Å²) in [6, 6.07) is 7.89. The first kappa shape index (κ1) is 18.1. The zero-order valence-electron chi connectivity index (χ0n) is 11.5. The number of para-hydroxylation sites is 1. The first-order chi connectivity index (χ1) is 10.6. The van der Waals surface area contributed by atoms with Crippen LogP contribution in [-0.2, 0) is 6.18 Å². The molecule has 23 heavy (non-hydrogen) atoms. The van der Waals surface area contributed by atoms with Crippen LogP contribution in [0.5, 0.6) is 11.5 Å². The molecule has 0 bridgehead atoms. The second-order valence-corrected chi connectivity index (χ2v) is 6.42. The molecule has 0 saturated carbocycles. The van der Waals surface area contributed by atoms with Gasteiger partial charge in [-0.2, -0.15) is 13.2 Å². The van der Waals surface area contributed by atoms with Crippen molar-refractivity contribution in [2.45, 2.75) is 13.1 Å². The number of aromatic hydroxyl groups is 1. The molecule has 0 aliphatic heterocycles. The highest BCUT2D eigenvalue weighted by atomic mass is 127. The lowest BCUT2D eigenvalue weighted by atomic mass is 10.0. The number of ether oxygens (including phenoxy) is 1. The number of halogens is 5. The summed E-state index contributed by atoms with van der Waals surface area (Å²) in [4.78, 5) is 12.2. The number of phenols is 1. The van der Waals surface area contributed by atoms with E-state index in [4.69, 9.17) is 4.74 Å². The highest BCUT2D eigenvalue weighted by Gasteiger charge is 2.39. The second-order valence-electron chi connectivity index (χ2n) is 4.55. The molecule has 0 atom stereocenters. The summed E-state index contributed by atoms with van der Waals surface area (Å²) < 4.78 is 44.3. The number of hydrogen-bond donors (Lipinski definition) is 1. The van der Waals surface area contributed by atoms with Gasteiger partial charge in [-0.25, -0.2) is 4.79 Å². The van der Waals surface area contributed by atoms with Crippen LogP contribution in [0.2, 0.25) is 0 Å². The Balaban J connectivity index is 2.58. The lowest BCUT2D eigenvalue weighted by Gasteiger charge is -2.18. The first-order valence-electron chi connectivity index (χ1n) is 6.19. The minimum absolute atomic E-state index is 0.111. The van der Waals surface area contributed by atoms with Crippen LogP contribution in [0.3, 0.4) is 0 Å². The molecule has 122 valence electrons. The molecule has 0 fully saturated rings. The third-order valence-corrected chi connectivity index (χ3v) is 5.63. The largest absolute Gasteiger partial charge is 0.506 e. The fraction of sp³-hybridized carbons (Fsp3) is 0.133. The Morgan fingerprint density at radius 3 is 2.35 bits per heavy atom. The van der Waals surface area contributed by atoms with E-state index in [9.17, 15) is 23.1 Å². The van der Waals surface area contributed by atoms with E-state index in [-0.39, 0.29) is 13.8 Å². The van der Waals surface area contributed by atoms with Crippen molar-refractivity contribution >= 4 is 44.5 Å². The molecule has 0 heterocycles. The van der Waals surface area contributed by atoms with E-state index >= 15 is 0 Å². The van der Waals surface area contributed by atoms with Crippen LogP contribution >= 0.6 is 38.5 Å². The van der Waals surface area contributed by atoms with Gasteiger partial charge in [0, 0.05) is 4.47 Å². The van der Waals surface area contributed by atoms with E-state index in [0.717, 1.165) is 6.92 Å². The van der Waals surface area contributed by atoms with Gasteiger partial charge in [0.25, 0.3) is 0 Å². The van der Waals surface area contributed by atoms with Gasteiger partial charge < -0.3 is 9.84 Å². The Kier molecular flexibility index (Phi) is 5.24. The molecule has 0 radical (unpaired) electrons. The van der Waals surface area contributed by atoms with E-state index in [1.165, 1.54) is 34.7 Å². The molecular formula is C15H9BrF3IO3. The smallest absolute Gasteiger partial charge is 0.417 e. The third-order valence-electron chi connectivity index (χ3n) is 3.05. The Labute approximate surface area is 151 Å². The van der Waals surface area contributed by atoms with Crippen molar-refractivity contribution in [3.05, 3.63) is 55.1 Å². The van der Waals surface area contributed by atoms with Gasteiger partial charge >= 0.3 is 12.1 Å². The van der Waals surface area contributed by atoms with E-state index in [1.54, 1.807) is 18.2 Å². The van der Waals surface area contributed by atoms with Crippen LogP contribution < -0.4 is 4.74 Å². The van der Waals surface area contributed by atoms with Gasteiger partial charge in [0.1, 0.15) is 17.1 Å². The first-order valence-corrected chi connectivity index (χ1v) is 8.06. The summed E-state index contributed by atoms with van der Waals surface area (Å²) in [5.41, 5.74) is -1.92. The molecule has 2 rings (SSSR count). The van der Waals surface area contributed by atoms with Gasteiger partial charge in [-0.3, -0.25) is 0 Å². The fourth-order valence-electron chi connectivity index (χ4n) is 2.02. The van der Waals surface area contributed by atoms with Crippen molar-refractivity contribution in [2.75, 3.05) is 0 Å². The lowest BCUT2D eigenvalue weighted by molar-refractivity contribution is -0.138. The minimum Gasteiger partial charge on any atom is -0.506 e. The van der Waals surface area contributed by atoms with Crippen LogP contribution in [0.25, 0.3) is 0 Å². The molecule has 3 nitrogen and oxygen atoms in total. The lowest BCUT2D eigenvalue weighted by Crippen LogP contribution is -2.17. The van der Waals surface area contributed by atoms with Crippen molar-refractivity contribution in [1.82, 2.24) is 0 Å². The standard InChI is InChI=1S/C15H9BrF3IO3/c1-7-9(14(22)23-8-5-3-2-4-6-8)13(21)12(20)11(16)10(7)15(17,18)19/h2-6,21H,1H3. The molecule has 0 spiro atoms. The van der Waals surface area contributed by atoms with Gasteiger partial charge in [-0.05, 0) is 63.1 Å². The number of hydrogen-bond acceptors (Lipinski definition) is 3. The average molecular weight is 501 g/mol. The normalized spacial score (nSPS) is 11.4. The van der Waals surface area contributed by atoms with Crippen molar-refractivity contribution < 1.29 is 27.8 Å². The molecule has 0 aromatic heterocycles. The predicted molar refractivity (Wildman–Crippen MR) is 89.7 cm³/mol. The van der Waals surface area contributed by atoms with Crippen molar-refractivity contribution in [3.63, 3.8) is 0 Å². The maximum Gasteiger partial charge on any atom is 0.417 e. The van der Waals surface area contributed by atoms with E-state index in [1.807, 2.05) is 0 Å². The fourth-order valence-corrected chi connectivity index (χ4v) is 3.27. The highest BCUT2D eigenvalue weighted by molar-refractivity contribution is 14.1. The van der Waals surface area contributed by atoms with Gasteiger partial charge in [0.05, 0.1) is 9.13 Å². The molecule has 8 heteroatoms. The summed E-state index contributed by atoms with van der Waals surface area (Å²) in [6.07, 6.45) is -4.68. The summed E-state index contributed by atoms with van der Waals surface area (Å²) in [7, 11) is 0. The number of alkyl halides is 3. The van der Waals surface area contributed by atoms with Gasteiger partial charge in [0.15, 0.2) is 0 Å². The zero-order chi connectivity index (χ0) is 17.4. The SMILES string of the molecule is Cc1c(C(=O)Oc2ccccc2)c(O)c(I)c(Br)c1C(F)(F)F. The van der Waals surface area contributed by atoms with Crippen molar-refractivity contribution in [1.29, 1.82) is 0 Å². The Morgan fingerprint density at radius 1 is 1.26 bits per heavy atom. The molecule has 0 saturated heterocycles. The average Bonchev–Trinajstić information content (AvgIpc) is 2.44. The summed E-state index contributed by atoms with van der Waals surface area (Å²) >= 11 is 4.36. The van der Waals surface area contributed by atoms with Crippen LogP contribution in [-0.4, -0.2) is 11.1 Å². The van der Waals surface area contributed by atoms with Crippen LogP contribution in [0.15, 0.2) is 34.8 Å². The Morgan fingerprint density at radius 2 is 1.83 bits per heavy atom. The molecule has 0 aliphatic carbocycles. The topological polar surface area (TPSA) is 46.5 Å². The quantitative estimate of drug-likeness (QED) is 0.345. The summed E-state index contributed by atoms with van der Waals surface area (Å²) in [5, 5.41) is 10.1. The number of carbonyl (C=O) groups excluding carboxylic acids is 1. The summed E-state index contributed by atoms with van der Waals surface area (Å²) in [5.74, 6) is -1.44. The van der Waals surface area contributed by atoms with Crippen molar-refractivity contribution in [2.24, 2.45) is 0 Å². The zero-order valence-corrected chi connectivity index (χ0v) is 15.3. The molecule has 2 aromatic carbocycles. The maximum atomic E-state index is 13.2. The molecule has 2 aromatic rings. The molecular weight excluding hydrogens is 492 g/mol. The monoisotopic (exact) mass is 500 g/mol. The number of rotatable bonds is 2. The second kappa shape index (κ2) is 6.68. The number of benzene rings is 2.